The van der Waals surface area contributed by atoms with Crippen molar-refractivity contribution in [2.45, 2.75) is 6.42 Å². The summed E-state index contributed by atoms with van der Waals surface area (Å²) in [5.74, 6) is 1.37. The molecule has 0 unspecified atom stereocenters. The van der Waals surface area contributed by atoms with Crippen molar-refractivity contribution in [3.8, 4) is 0 Å². The van der Waals surface area contributed by atoms with Crippen LogP contribution < -0.4 is 16.0 Å². The molecule has 0 atom stereocenters. The molecule has 27 heavy (non-hydrogen) atoms. The second kappa shape index (κ2) is 11.0. The van der Waals surface area contributed by atoms with Crippen molar-refractivity contribution in [2.75, 3.05) is 83.6 Å². The maximum atomic E-state index is 5.97. The lowest BCUT2D eigenvalue weighted by Gasteiger charge is -2.34. The van der Waals surface area contributed by atoms with E-state index in [4.69, 9.17) is 10.5 Å². The lowest BCUT2D eigenvalue weighted by atomic mass is 10.3. The molecule has 2 saturated heterocycles. The van der Waals surface area contributed by atoms with Crippen LogP contribution in [0.5, 0.6) is 0 Å². The lowest BCUT2D eigenvalue weighted by Crippen LogP contribution is -2.49. The zero-order valence-corrected chi connectivity index (χ0v) is 16.1. The van der Waals surface area contributed by atoms with Crippen LogP contribution in [0.3, 0.4) is 0 Å². The Labute approximate surface area is 161 Å². The number of hydrogen-bond acceptors (Lipinski definition) is 7. The number of nitrogens with zero attached hydrogens (tertiary/aromatic N) is 6. The Morgan fingerprint density at radius 2 is 1.74 bits per heavy atom. The zero-order valence-electron chi connectivity index (χ0n) is 16.1. The molecule has 2 aliphatic heterocycles. The number of piperazine rings is 1. The van der Waals surface area contributed by atoms with Crippen molar-refractivity contribution in [1.29, 1.82) is 0 Å². The number of nitrogens with two attached hydrogens (primary N) is 1. The molecule has 9 nitrogen and oxygen atoms in total. The molecule has 2 fully saturated rings. The van der Waals surface area contributed by atoms with E-state index in [9.17, 15) is 0 Å². The van der Waals surface area contributed by atoms with Gasteiger partial charge in [-0.25, -0.2) is 9.97 Å². The fourth-order valence-electron chi connectivity index (χ4n) is 3.34. The smallest absolute Gasteiger partial charge is 0.225 e. The van der Waals surface area contributed by atoms with Gasteiger partial charge in [0, 0.05) is 77.8 Å². The van der Waals surface area contributed by atoms with E-state index in [2.05, 4.69) is 35.0 Å². The highest BCUT2D eigenvalue weighted by atomic mass is 16.5. The van der Waals surface area contributed by atoms with Crippen LogP contribution in [0, 0.1) is 0 Å². The van der Waals surface area contributed by atoms with Crippen molar-refractivity contribution < 1.29 is 4.74 Å². The largest absolute Gasteiger partial charge is 0.379 e. The maximum absolute atomic E-state index is 5.97. The van der Waals surface area contributed by atoms with Crippen LogP contribution in [0.25, 0.3) is 0 Å². The number of rotatable bonds is 8. The number of aliphatic imine (C=N–C) groups is 1. The molecule has 3 rings (SSSR count). The van der Waals surface area contributed by atoms with Gasteiger partial charge in [-0.3, -0.25) is 14.8 Å². The molecule has 3 N–H and O–H groups in total. The Morgan fingerprint density at radius 1 is 1.04 bits per heavy atom. The second-order valence-electron chi connectivity index (χ2n) is 6.88. The predicted molar refractivity (Wildman–Crippen MR) is 107 cm³/mol. The van der Waals surface area contributed by atoms with Crippen LogP contribution in [0.1, 0.15) is 6.42 Å². The third kappa shape index (κ3) is 6.93. The Balaban J connectivity index is 1.24. The van der Waals surface area contributed by atoms with Gasteiger partial charge in [-0.05, 0) is 12.5 Å². The Bertz CT molecular complexity index is 556. The molecule has 0 spiro atoms. The monoisotopic (exact) mass is 376 g/mol. The van der Waals surface area contributed by atoms with Crippen LogP contribution in [0.2, 0.25) is 0 Å². The molecular weight excluding hydrogens is 344 g/mol. The van der Waals surface area contributed by atoms with Gasteiger partial charge in [0.05, 0.1) is 13.2 Å². The molecule has 0 saturated carbocycles. The van der Waals surface area contributed by atoms with E-state index in [1.165, 1.54) is 0 Å². The van der Waals surface area contributed by atoms with Crippen LogP contribution in [-0.2, 0) is 4.74 Å². The summed E-state index contributed by atoms with van der Waals surface area (Å²) in [5.41, 5.74) is 5.97. The average molecular weight is 377 g/mol. The summed E-state index contributed by atoms with van der Waals surface area (Å²) >= 11 is 0. The first-order valence-corrected chi connectivity index (χ1v) is 9.89. The molecule has 0 aromatic carbocycles. The number of morpholine rings is 1. The number of ether oxygens (including phenoxy) is 1. The average Bonchev–Trinajstić information content (AvgIpc) is 2.73. The first-order valence-electron chi connectivity index (χ1n) is 9.89. The number of hydrogen-bond donors (Lipinski definition) is 2. The normalized spacial score (nSPS) is 20.0. The van der Waals surface area contributed by atoms with E-state index in [1.807, 2.05) is 6.07 Å². The zero-order chi connectivity index (χ0) is 18.7. The highest BCUT2D eigenvalue weighted by Crippen LogP contribution is 2.09. The molecule has 150 valence electrons. The molecule has 3 heterocycles. The first-order chi connectivity index (χ1) is 13.3. The minimum atomic E-state index is 0.549. The van der Waals surface area contributed by atoms with Crippen LogP contribution >= 0.6 is 0 Å². The van der Waals surface area contributed by atoms with Crippen molar-refractivity contribution in [3.63, 3.8) is 0 Å². The molecule has 9 heteroatoms. The van der Waals surface area contributed by atoms with E-state index < -0.39 is 0 Å². The van der Waals surface area contributed by atoms with Gasteiger partial charge in [0.1, 0.15) is 0 Å². The minimum absolute atomic E-state index is 0.549. The standard InChI is InChI=1S/C18H32N8O/c19-17(20-5-2-7-24-13-15-27-16-14-24)21-6-8-25-9-11-26(12-10-25)18-22-3-1-4-23-18/h1,3-4H,2,5-16H2,(H3,19,20,21). The summed E-state index contributed by atoms with van der Waals surface area (Å²) in [6.45, 7) is 11.3. The van der Waals surface area contributed by atoms with Gasteiger partial charge in [0.25, 0.3) is 0 Å². The molecule has 2 aliphatic rings. The van der Waals surface area contributed by atoms with Gasteiger partial charge in [0.2, 0.25) is 5.95 Å². The van der Waals surface area contributed by atoms with Crippen molar-refractivity contribution in [1.82, 2.24) is 25.1 Å². The molecule has 0 bridgehead atoms. The summed E-state index contributed by atoms with van der Waals surface area (Å²) < 4.78 is 5.35. The minimum Gasteiger partial charge on any atom is -0.379 e. The summed E-state index contributed by atoms with van der Waals surface area (Å²) in [7, 11) is 0. The fraction of sp³-hybridized carbons (Fsp3) is 0.722. The molecule has 0 aliphatic carbocycles. The molecule has 0 amide bonds. The maximum Gasteiger partial charge on any atom is 0.225 e. The first kappa shape index (κ1) is 19.8. The SMILES string of the molecule is NC(=NCCCN1CCOCC1)NCCN1CCN(c2ncccn2)CC1. The van der Waals surface area contributed by atoms with Gasteiger partial charge in [-0.15, -0.1) is 0 Å². The second-order valence-corrected chi connectivity index (χ2v) is 6.88. The lowest BCUT2D eigenvalue weighted by molar-refractivity contribution is 0.0377. The summed E-state index contributed by atoms with van der Waals surface area (Å²) in [5, 5.41) is 3.23. The van der Waals surface area contributed by atoms with E-state index in [0.717, 1.165) is 91.0 Å². The third-order valence-corrected chi connectivity index (χ3v) is 4.96. The Morgan fingerprint density at radius 3 is 2.48 bits per heavy atom. The fourth-order valence-corrected chi connectivity index (χ4v) is 3.34. The predicted octanol–water partition coefficient (Wildman–Crippen LogP) is -0.775. The van der Waals surface area contributed by atoms with Crippen molar-refractivity contribution in [2.24, 2.45) is 10.7 Å². The van der Waals surface area contributed by atoms with Crippen LogP contribution in [0.15, 0.2) is 23.5 Å². The van der Waals surface area contributed by atoms with Gasteiger partial charge in [0.15, 0.2) is 5.96 Å². The molecule has 0 radical (unpaired) electrons. The van der Waals surface area contributed by atoms with Gasteiger partial charge >= 0.3 is 0 Å². The number of nitrogens with one attached hydrogen (secondary N) is 1. The molecule has 1 aromatic heterocycles. The van der Waals surface area contributed by atoms with E-state index >= 15 is 0 Å². The van der Waals surface area contributed by atoms with Crippen LogP contribution in [0.4, 0.5) is 5.95 Å². The van der Waals surface area contributed by atoms with E-state index in [-0.39, 0.29) is 0 Å². The van der Waals surface area contributed by atoms with Gasteiger partial charge in [-0.1, -0.05) is 0 Å². The summed E-state index contributed by atoms with van der Waals surface area (Å²) in [6.07, 6.45) is 4.62. The Kier molecular flexibility index (Phi) is 8.06. The number of guanidine groups is 1. The topological polar surface area (TPSA) is 95.1 Å². The highest BCUT2D eigenvalue weighted by Gasteiger charge is 2.18. The Hall–Kier alpha value is -1.97. The number of aromatic nitrogens is 2. The number of anilines is 1. The van der Waals surface area contributed by atoms with Crippen molar-refractivity contribution in [3.05, 3.63) is 18.5 Å². The van der Waals surface area contributed by atoms with Crippen LogP contribution in [-0.4, -0.2) is 104 Å². The summed E-state index contributed by atoms with van der Waals surface area (Å²) in [6, 6.07) is 1.85. The third-order valence-electron chi connectivity index (χ3n) is 4.96. The van der Waals surface area contributed by atoms with E-state index in [0.29, 0.717) is 5.96 Å². The highest BCUT2D eigenvalue weighted by molar-refractivity contribution is 5.77. The van der Waals surface area contributed by atoms with Gasteiger partial charge in [-0.2, -0.15) is 0 Å². The van der Waals surface area contributed by atoms with E-state index in [1.54, 1.807) is 12.4 Å². The van der Waals surface area contributed by atoms with Crippen molar-refractivity contribution >= 4 is 11.9 Å². The summed E-state index contributed by atoms with van der Waals surface area (Å²) in [4.78, 5) is 20.1. The molecule has 1 aromatic rings. The quantitative estimate of drug-likeness (QED) is 0.347. The molecular formula is C18H32N8O. The van der Waals surface area contributed by atoms with Gasteiger partial charge < -0.3 is 20.7 Å².